The van der Waals surface area contributed by atoms with E-state index in [1.807, 2.05) is 0 Å². The average molecular weight is 1390 g/mol. The minimum Gasteiger partial charge on any atom is -0.462 e. The van der Waals surface area contributed by atoms with E-state index in [1.165, 1.54) is 180 Å². The molecule has 0 aromatic heterocycles. The Labute approximate surface area is 610 Å². The van der Waals surface area contributed by atoms with Crippen molar-refractivity contribution in [2.24, 2.45) is 5.73 Å². The van der Waals surface area contributed by atoms with Gasteiger partial charge in [0, 0.05) is 19.4 Å². The molecular weight excluding hydrogens is 1240 g/mol. The van der Waals surface area contributed by atoms with Crippen LogP contribution in [0.3, 0.4) is 0 Å². The highest BCUT2D eigenvalue weighted by Gasteiger charge is 2.26. The fraction of sp³-hybridized carbons (Fsp3) is 0.663. The van der Waals surface area contributed by atoms with Crippen LogP contribution in [0.2, 0.25) is 0 Å². The van der Waals surface area contributed by atoms with E-state index in [-0.39, 0.29) is 38.6 Å². The summed E-state index contributed by atoms with van der Waals surface area (Å²) < 4.78 is 33.3. The number of esters is 2. The lowest BCUT2D eigenvalue weighted by Gasteiger charge is -2.19. The van der Waals surface area contributed by atoms with Crippen molar-refractivity contribution in [1.29, 1.82) is 0 Å². The van der Waals surface area contributed by atoms with Crippen molar-refractivity contribution in [2.75, 3.05) is 26.4 Å². The van der Waals surface area contributed by atoms with Crippen LogP contribution in [-0.4, -0.2) is 49.3 Å². The SMILES string of the molecule is CC/C=C\C/C=C\C/C=C\C/C=C\C/C=C\C/C=C\C/C=C\C/C=C\C/C=C\C/C=C\CCCCCCCCCCCCC(=O)OC(COC(=O)CCCCCCCCCCCCCCCCCCCCCCCCCC/C=C\C/C=C\C/C=C\C/C=C\CC)COP(=O)(O)OCCN. The number of phosphoric ester groups is 1. The smallest absolute Gasteiger partial charge is 0.462 e. The summed E-state index contributed by atoms with van der Waals surface area (Å²) in [7, 11) is -4.41. The van der Waals surface area contributed by atoms with Crippen LogP contribution in [0.5, 0.6) is 0 Å². The highest BCUT2D eigenvalue weighted by Crippen LogP contribution is 2.43. The Hall–Kier alpha value is -4.63. The molecule has 0 bridgehead atoms. The molecule has 0 saturated carbocycles. The van der Waals surface area contributed by atoms with Crippen LogP contribution in [-0.2, 0) is 32.7 Å². The van der Waals surface area contributed by atoms with Gasteiger partial charge in [0.2, 0.25) is 0 Å². The first-order valence-corrected chi connectivity index (χ1v) is 42.1. The molecule has 3 N–H and O–H groups in total. The minimum atomic E-state index is -4.41. The Kier molecular flexibility index (Phi) is 78.5. The molecule has 0 spiro atoms. The standard InChI is InChI=1S/C89H150NO8P/c1-3-5-7-9-11-13-15-17-19-21-23-25-27-29-31-33-35-37-39-41-42-43-44-46-48-50-52-54-56-58-60-62-64-66-68-70-72-74-76-78-80-82-89(92)98-87(86-97-99(93,94)96-84-83-90)85-95-88(91)81-79-77-75-73-71-69-67-65-63-61-59-57-55-53-51-49-47-45-40-38-36-34-32-30-28-26-24-22-20-18-16-14-12-10-8-6-4-2/h5-8,11-14,17-20,23-26,29,31,35,37,41-42,44,46,50,52,56,58,87H,3-4,9-10,15-16,21-22,27-28,30,32-34,36,38-40,43,45,47-49,51,53-55,57,59-86,90H2,1-2H3,(H,93,94)/b7-5-,8-6-,13-11-,14-12-,19-17-,20-18-,25-23-,26-24-,31-29-,37-35-,42-41-,46-44-,52-50-,58-56-. The summed E-state index contributed by atoms with van der Waals surface area (Å²) in [5.41, 5.74) is 5.42. The van der Waals surface area contributed by atoms with Gasteiger partial charge in [0.05, 0.1) is 13.2 Å². The normalized spacial score (nSPS) is 13.8. The molecule has 0 rings (SSSR count). The highest BCUT2D eigenvalue weighted by molar-refractivity contribution is 7.47. The van der Waals surface area contributed by atoms with Gasteiger partial charge < -0.3 is 20.1 Å². The number of hydrogen-bond donors (Lipinski definition) is 2. The number of allylic oxidation sites excluding steroid dienone is 28. The summed E-state index contributed by atoms with van der Waals surface area (Å²) in [6, 6.07) is 0. The second-order valence-corrected chi connectivity index (χ2v) is 28.0. The second-order valence-electron chi connectivity index (χ2n) is 26.5. The van der Waals surface area contributed by atoms with E-state index in [0.29, 0.717) is 6.42 Å². The maximum Gasteiger partial charge on any atom is 0.472 e. The van der Waals surface area contributed by atoms with Gasteiger partial charge in [0.1, 0.15) is 6.61 Å². The maximum atomic E-state index is 12.8. The predicted molar refractivity (Wildman–Crippen MR) is 431 cm³/mol. The third kappa shape index (κ3) is 82.2. The Morgan fingerprint density at radius 2 is 0.525 bits per heavy atom. The molecule has 0 aliphatic heterocycles. The van der Waals surface area contributed by atoms with Gasteiger partial charge in [-0.15, -0.1) is 0 Å². The summed E-state index contributed by atoms with van der Waals surface area (Å²) >= 11 is 0. The van der Waals surface area contributed by atoms with E-state index in [1.54, 1.807) is 0 Å². The van der Waals surface area contributed by atoms with Crippen LogP contribution < -0.4 is 5.73 Å². The predicted octanol–water partition coefficient (Wildman–Crippen LogP) is 27.6. The largest absolute Gasteiger partial charge is 0.472 e. The molecule has 0 aromatic carbocycles. The van der Waals surface area contributed by atoms with Crippen molar-refractivity contribution in [2.45, 2.75) is 354 Å². The molecule has 0 aromatic rings. The summed E-state index contributed by atoms with van der Waals surface area (Å²) in [5.74, 6) is -0.828. The lowest BCUT2D eigenvalue weighted by atomic mass is 10.0. The number of hydrogen-bond acceptors (Lipinski definition) is 8. The van der Waals surface area contributed by atoms with Crippen LogP contribution in [0.1, 0.15) is 348 Å². The molecule has 2 unspecified atom stereocenters. The van der Waals surface area contributed by atoms with Crippen LogP contribution >= 0.6 is 7.82 Å². The number of nitrogens with two attached hydrogens (primary N) is 1. The topological polar surface area (TPSA) is 134 Å². The Morgan fingerprint density at radius 1 is 0.303 bits per heavy atom. The molecule has 0 saturated heterocycles. The fourth-order valence-electron chi connectivity index (χ4n) is 11.2. The van der Waals surface area contributed by atoms with Crippen molar-refractivity contribution in [3.8, 4) is 0 Å². The summed E-state index contributed by atoms with van der Waals surface area (Å²) in [5, 5.41) is 0. The quantitative estimate of drug-likeness (QED) is 0.0264. The zero-order valence-electron chi connectivity index (χ0n) is 63.7. The molecule has 0 aliphatic carbocycles. The van der Waals surface area contributed by atoms with Gasteiger partial charge in [-0.2, -0.15) is 0 Å². The number of carbonyl (C=O) groups is 2. The lowest BCUT2D eigenvalue weighted by molar-refractivity contribution is -0.161. The zero-order valence-corrected chi connectivity index (χ0v) is 64.6. The van der Waals surface area contributed by atoms with Crippen LogP contribution in [0.25, 0.3) is 0 Å². The molecule has 0 amide bonds. The van der Waals surface area contributed by atoms with Crippen molar-refractivity contribution in [3.05, 3.63) is 170 Å². The Balaban J connectivity index is 3.86. The van der Waals surface area contributed by atoms with Crippen LogP contribution in [0.4, 0.5) is 0 Å². The third-order valence-electron chi connectivity index (χ3n) is 17.1. The first kappa shape index (κ1) is 94.4. The number of ether oxygens (including phenoxy) is 2. The number of rotatable bonds is 75. The van der Waals surface area contributed by atoms with Gasteiger partial charge in [-0.1, -0.05) is 377 Å². The average Bonchev–Trinajstić information content (AvgIpc) is 1.19. The van der Waals surface area contributed by atoms with Gasteiger partial charge in [0.25, 0.3) is 0 Å². The molecule has 2 atom stereocenters. The summed E-state index contributed by atoms with van der Waals surface area (Å²) in [6.45, 7) is 3.54. The molecule has 0 aliphatic rings. The van der Waals surface area contributed by atoms with E-state index in [0.717, 1.165) is 135 Å². The van der Waals surface area contributed by atoms with Crippen molar-refractivity contribution < 1.29 is 37.6 Å². The second kappa shape index (κ2) is 82.3. The molecule has 564 valence electrons. The Morgan fingerprint density at radius 3 is 0.778 bits per heavy atom. The van der Waals surface area contributed by atoms with Gasteiger partial charge in [-0.3, -0.25) is 18.6 Å². The molecule has 9 nitrogen and oxygen atoms in total. The van der Waals surface area contributed by atoms with E-state index < -0.39 is 26.5 Å². The monoisotopic (exact) mass is 1390 g/mol. The van der Waals surface area contributed by atoms with Crippen molar-refractivity contribution in [3.63, 3.8) is 0 Å². The number of unbranched alkanes of at least 4 members (excludes halogenated alkanes) is 34. The van der Waals surface area contributed by atoms with Gasteiger partial charge in [0.15, 0.2) is 6.10 Å². The maximum absolute atomic E-state index is 12.8. The minimum absolute atomic E-state index is 0.0474. The van der Waals surface area contributed by atoms with E-state index in [9.17, 15) is 19.0 Å². The molecule has 0 heterocycles. The van der Waals surface area contributed by atoms with Gasteiger partial charge in [-0.25, -0.2) is 4.57 Å². The van der Waals surface area contributed by atoms with Crippen molar-refractivity contribution in [1.82, 2.24) is 0 Å². The highest BCUT2D eigenvalue weighted by atomic mass is 31.2. The number of carbonyl (C=O) groups excluding carboxylic acids is 2. The lowest BCUT2D eigenvalue weighted by Crippen LogP contribution is -2.29. The van der Waals surface area contributed by atoms with E-state index in [2.05, 4.69) is 184 Å². The molecule has 0 fully saturated rings. The molecule has 99 heavy (non-hydrogen) atoms. The van der Waals surface area contributed by atoms with E-state index >= 15 is 0 Å². The molecule has 10 heteroatoms. The van der Waals surface area contributed by atoms with Gasteiger partial charge in [-0.05, 0) is 128 Å². The summed E-state index contributed by atoms with van der Waals surface area (Å²) in [6.07, 6.45) is 122. The van der Waals surface area contributed by atoms with E-state index in [4.69, 9.17) is 24.3 Å². The zero-order chi connectivity index (χ0) is 71.5. The third-order valence-corrected chi connectivity index (χ3v) is 18.1. The molecule has 0 radical (unpaired) electrons. The first-order valence-electron chi connectivity index (χ1n) is 40.6. The number of phosphoric acid groups is 1. The first-order chi connectivity index (χ1) is 48.8. The molecular formula is C89H150NO8P. The fourth-order valence-corrected chi connectivity index (χ4v) is 12.0. The Bertz CT molecular complexity index is 2240. The van der Waals surface area contributed by atoms with Crippen LogP contribution in [0, 0.1) is 0 Å². The summed E-state index contributed by atoms with van der Waals surface area (Å²) in [4.78, 5) is 35.5. The van der Waals surface area contributed by atoms with Gasteiger partial charge >= 0.3 is 19.8 Å². The van der Waals surface area contributed by atoms with Crippen molar-refractivity contribution >= 4 is 19.8 Å². The van der Waals surface area contributed by atoms with Crippen LogP contribution in [0.15, 0.2) is 170 Å².